The molecule has 0 saturated carbocycles. The van der Waals surface area contributed by atoms with E-state index in [2.05, 4.69) is 26.4 Å². The van der Waals surface area contributed by atoms with Crippen LogP contribution in [0.3, 0.4) is 0 Å². The number of aromatic nitrogens is 3. The molecule has 11 heteroatoms. The lowest BCUT2D eigenvalue weighted by Crippen LogP contribution is -2.52. The lowest BCUT2D eigenvalue weighted by atomic mass is 10.0. The van der Waals surface area contributed by atoms with Crippen molar-refractivity contribution in [3.63, 3.8) is 0 Å². The van der Waals surface area contributed by atoms with Crippen LogP contribution in [-0.4, -0.2) is 92.1 Å². The molecule has 1 N–H and O–H groups in total. The average Bonchev–Trinajstić information content (AvgIpc) is 3.40. The van der Waals surface area contributed by atoms with Crippen LogP contribution in [0, 0.1) is 12.3 Å². The van der Waals surface area contributed by atoms with Crippen molar-refractivity contribution in [3.8, 4) is 18.0 Å². The smallest absolute Gasteiger partial charge is 0.276 e. The minimum atomic E-state index is -0.669. The van der Waals surface area contributed by atoms with E-state index in [9.17, 15) is 19.2 Å². The molecule has 186 valence electrons. The van der Waals surface area contributed by atoms with Crippen molar-refractivity contribution >= 4 is 23.6 Å². The van der Waals surface area contributed by atoms with Crippen LogP contribution in [-0.2, 0) is 16.1 Å². The third-order valence-electron chi connectivity index (χ3n) is 6.93. The summed E-state index contributed by atoms with van der Waals surface area (Å²) in [7, 11) is 0. The summed E-state index contributed by atoms with van der Waals surface area (Å²) in [5.74, 6) is 1.49. The standard InChI is InChI=1S/C25H27N7O4/c1-2-3-9-29-10-4-11-30(13-12-29)25(36)20-16-32(28-27-20)18-5-6-19-17(14-18)15-31(24(19)35)21-7-8-22(33)26-23(21)34/h1,5-6,14,16,21H,3-4,7-13,15H2,(H,26,33,34). The first-order chi connectivity index (χ1) is 17.4. The minimum Gasteiger partial charge on any atom is -0.336 e. The molecular formula is C25H27N7O4. The van der Waals surface area contributed by atoms with E-state index in [1.54, 1.807) is 23.2 Å². The first kappa shape index (κ1) is 23.7. The zero-order chi connectivity index (χ0) is 25.2. The van der Waals surface area contributed by atoms with Crippen LogP contribution in [0.25, 0.3) is 5.69 Å². The average molecular weight is 490 g/mol. The van der Waals surface area contributed by atoms with Gasteiger partial charge in [-0.3, -0.25) is 24.5 Å². The Morgan fingerprint density at radius 2 is 2.03 bits per heavy atom. The van der Waals surface area contributed by atoms with Crippen molar-refractivity contribution in [3.05, 3.63) is 41.2 Å². The molecule has 1 atom stereocenters. The molecule has 1 aromatic carbocycles. The molecule has 0 aliphatic carbocycles. The molecule has 1 aromatic heterocycles. The van der Waals surface area contributed by atoms with Gasteiger partial charge in [0, 0.05) is 51.1 Å². The lowest BCUT2D eigenvalue weighted by molar-refractivity contribution is -0.136. The van der Waals surface area contributed by atoms with Crippen molar-refractivity contribution in [1.29, 1.82) is 0 Å². The highest BCUT2D eigenvalue weighted by Gasteiger charge is 2.39. The van der Waals surface area contributed by atoms with Crippen LogP contribution in [0.15, 0.2) is 24.4 Å². The van der Waals surface area contributed by atoms with Crippen molar-refractivity contribution in [2.45, 2.75) is 38.3 Å². The molecular weight excluding hydrogens is 462 g/mol. The van der Waals surface area contributed by atoms with Gasteiger partial charge in [-0.1, -0.05) is 5.21 Å². The first-order valence-electron chi connectivity index (χ1n) is 12.1. The number of rotatable bonds is 5. The highest BCUT2D eigenvalue weighted by Crippen LogP contribution is 2.29. The predicted octanol–water partition coefficient (Wildman–Crippen LogP) is 0.200. The van der Waals surface area contributed by atoms with E-state index in [4.69, 9.17) is 6.42 Å². The summed E-state index contributed by atoms with van der Waals surface area (Å²) in [6, 6.07) is 4.58. The second-order valence-corrected chi connectivity index (χ2v) is 9.23. The zero-order valence-corrected chi connectivity index (χ0v) is 19.9. The minimum absolute atomic E-state index is 0.166. The van der Waals surface area contributed by atoms with Crippen LogP contribution in [0.1, 0.15) is 52.1 Å². The number of fused-ring (bicyclic) bond motifs is 1. The molecule has 1 unspecified atom stereocenters. The molecule has 4 heterocycles. The number of carbonyl (C=O) groups excluding carboxylic acids is 4. The van der Waals surface area contributed by atoms with Crippen LogP contribution < -0.4 is 5.32 Å². The number of hydrogen-bond donors (Lipinski definition) is 1. The summed E-state index contributed by atoms with van der Waals surface area (Å²) >= 11 is 0. The summed E-state index contributed by atoms with van der Waals surface area (Å²) in [4.78, 5) is 55.3. The van der Waals surface area contributed by atoms with E-state index in [-0.39, 0.29) is 36.4 Å². The number of piperidine rings is 1. The number of hydrogen-bond acceptors (Lipinski definition) is 7. The highest BCUT2D eigenvalue weighted by molar-refractivity contribution is 6.05. The van der Waals surface area contributed by atoms with Gasteiger partial charge in [-0.25, -0.2) is 4.68 Å². The van der Waals surface area contributed by atoms with Gasteiger partial charge >= 0.3 is 0 Å². The molecule has 2 aromatic rings. The largest absolute Gasteiger partial charge is 0.336 e. The summed E-state index contributed by atoms with van der Waals surface area (Å²) in [6.07, 6.45) is 9.04. The van der Waals surface area contributed by atoms with Gasteiger partial charge in [0.25, 0.3) is 11.8 Å². The second kappa shape index (κ2) is 9.91. The normalized spacial score (nSPS) is 20.6. The molecule has 11 nitrogen and oxygen atoms in total. The molecule has 5 rings (SSSR count). The molecule has 3 aliphatic rings. The van der Waals surface area contributed by atoms with Crippen LogP contribution >= 0.6 is 0 Å². The molecule has 2 fully saturated rings. The Morgan fingerprint density at radius 1 is 1.17 bits per heavy atom. The Kier molecular flexibility index (Phi) is 6.52. The topological polar surface area (TPSA) is 121 Å². The van der Waals surface area contributed by atoms with Crippen molar-refractivity contribution in [1.82, 2.24) is 35.0 Å². The molecule has 2 saturated heterocycles. The van der Waals surface area contributed by atoms with Crippen molar-refractivity contribution < 1.29 is 19.2 Å². The summed E-state index contributed by atoms with van der Waals surface area (Å²) in [6.45, 7) is 4.02. The third-order valence-corrected chi connectivity index (χ3v) is 6.93. The molecule has 36 heavy (non-hydrogen) atoms. The monoisotopic (exact) mass is 489 g/mol. The maximum Gasteiger partial charge on any atom is 0.276 e. The fraction of sp³-hybridized carbons (Fsp3) is 0.440. The Bertz CT molecular complexity index is 1260. The van der Waals surface area contributed by atoms with Gasteiger partial charge < -0.3 is 14.7 Å². The summed E-state index contributed by atoms with van der Waals surface area (Å²) in [5, 5.41) is 10.5. The van der Waals surface area contributed by atoms with Gasteiger partial charge in [-0.2, -0.15) is 0 Å². The van der Waals surface area contributed by atoms with Crippen molar-refractivity contribution in [2.75, 3.05) is 32.7 Å². The van der Waals surface area contributed by atoms with E-state index < -0.39 is 11.9 Å². The molecule has 4 amide bonds. The van der Waals surface area contributed by atoms with Gasteiger partial charge in [0.1, 0.15) is 6.04 Å². The van der Waals surface area contributed by atoms with E-state index in [1.807, 2.05) is 6.07 Å². The van der Waals surface area contributed by atoms with E-state index >= 15 is 0 Å². The SMILES string of the molecule is C#CCCN1CCCN(C(=O)c2cn(-c3ccc4c(c3)CN(C3CCC(=O)NC3=O)C4=O)nn2)CC1. The maximum atomic E-state index is 13.1. The lowest BCUT2D eigenvalue weighted by Gasteiger charge is -2.29. The number of amides is 4. The fourth-order valence-corrected chi connectivity index (χ4v) is 4.97. The maximum absolute atomic E-state index is 13.1. The van der Waals surface area contributed by atoms with Gasteiger partial charge in [0.2, 0.25) is 11.8 Å². The quantitative estimate of drug-likeness (QED) is 0.471. The number of benzene rings is 1. The predicted molar refractivity (Wildman–Crippen MR) is 128 cm³/mol. The highest BCUT2D eigenvalue weighted by atomic mass is 16.2. The van der Waals surface area contributed by atoms with Gasteiger partial charge in [0.15, 0.2) is 5.69 Å². The molecule has 0 radical (unpaired) electrons. The zero-order valence-electron chi connectivity index (χ0n) is 19.9. The van der Waals surface area contributed by atoms with E-state index in [0.717, 1.165) is 31.6 Å². The third kappa shape index (κ3) is 4.59. The second-order valence-electron chi connectivity index (χ2n) is 9.23. The van der Waals surface area contributed by atoms with Crippen LogP contribution in [0.5, 0.6) is 0 Å². The fourth-order valence-electron chi connectivity index (χ4n) is 4.97. The van der Waals surface area contributed by atoms with E-state index in [0.29, 0.717) is 37.2 Å². The Morgan fingerprint density at radius 3 is 2.83 bits per heavy atom. The number of nitrogens with zero attached hydrogens (tertiary/aromatic N) is 6. The molecule has 3 aliphatic heterocycles. The van der Waals surface area contributed by atoms with Gasteiger partial charge in [-0.05, 0) is 43.1 Å². The Balaban J connectivity index is 1.27. The molecule has 0 bridgehead atoms. The van der Waals surface area contributed by atoms with Crippen LogP contribution in [0.4, 0.5) is 0 Å². The number of terminal acetylenes is 1. The van der Waals surface area contributed by atoms with Crippen molar-refractivity contribution in [2.24, 2.45) is 0 Å². The first-order valence-corrected chi connectivity index (χ1v) is 12.1. The summed E-state index contributed by atoms with van der Waals surface area (Å²) in [5.41, 5.74) is 2.19. The van der Waals surface area contributed by atoms with Crippen LogP contribution in [0.2, 0.25) is 0 Å². The van der Waals surface area contributed by atoms with E-state index in [1.165, 1.54) is 9.58 Å². The molecule has 0 spiro atoms. The Hall–Kier alpha value is -4.04. The summed E-state index contributed by atoms with van der Waals surface area (Å²) < 4.78 is 1.52. The number of nitrogens with one attached hydrogen (secondary N) is 1. The van der Waals surface area contributed by atoms with Gasteiger partial charge in [0.05, 0.1) is 11.9 Å². The number of carbonyl (C=O) groups is 4. The Labute approximate surface area is 208 Å². The number of imide groups is 1. The van der Waals surface area contributed by atoms with Gasteiger partial charge in [-0.15, -0.1) is 17.4 Å².